The van der Waals surface area contributed by atoms with Crippen LogP contribution in [0.2, 0.25) is 0 Å². The number of amides is 3. The number of carbonyl (C=O) groups excluding carboxylic acids is 5. The van der Waals surface area contributed by atoms with Gasteiger partial charge in [-0.05, 0) is 12.8 Å². The molecular weight excluding hydrogens is 420 g/mol. The summed E-state index contributed by atoms with van der Waals surface area (Å²) in [5.41, 5.74) is 0. The van der Waals surface area contributed by atoms with Crippen LogP contribution in [0.4, 0.5) is 0 Å². The van der Waals surface area contributed by atoms with Gasteiger partial charge in [-0.1, -0.05) is 20.3 Å². The molecule has 2 heterocycles. The first-order valence-electron chi connectivity index (χ1n) is 11.3. The Morgan fingerprint density at radius 3 is 2.12 bits per heavy atom. The summed E-state index contributed by atoms with van der Waals surface area (Å²) < 4.78 is 10.2. The fraction of sp³-hybridized carbons (Fsp3) is 0.762. The number of hydrogen-bond donors (Lipinski definition) is 2. The summed E-state index contributed by atoms with van der Waals surface area (Å²) in [5.74, 6) is -2.17. The molecule has 3 amide bonds. The van der Waals surface area contributed by atoms with Crippen LogP contribution in [-0.2, 0) is 33.4 Å². The largest absolute Gasteiger partial charge is 0.466 e. The van der Waals surface area contributed by atoms with Gasteiger partial charge in [-0.25, -0.2) is 0 Å². The fourth-order valence-corrected chi connectivity index (χ4v) is 3.63. The molecule has 2 aliphatic rings. The molecule has 0 aliphatic carbocycles. The van der Waals surface area contributed by atoms with Gasteiger partial charge in [0.2, 0.25) is 17.7 Å². The van der Waals surface area contributed by atoms with Crippen LogP contribution in [0.5, 0.6) is 0 Å². The minimum absolute atomic E-state index is 0.145. The lowest BCUT2D eigenvalue weighted by atomic mass is 10.1. The van der Waals surface area contributed by atoms with Crippen molar-refractivity contribution in [1.82, 2.24) is 20.4 Å². The maximum Gasteiger partial charge on any atom is 0.308 e. The molecule has 2 atom stereocenters. The van der Waals surface area contributed by atoms with Gasteiger partial charge < -0.3 is 25.0 Å². The van der Waals surface area contributed by atoms with Crippen LogP contribution < -0.4 is 10.6 Å². The van der Waals surface area contributed by atoms with E-state index in [0.717, 1.165) is 12.8 Å². The van der Waals surface area contributed by atoms with Crippen LogP contribution in [0.1, 0.15) is 46.0 Å². The number of rotatable bonds is 11. The first kappa shape index (κ1) is 25.6. The molecule has 0 aromatic carbocycles. The summed E-state index contributed by atoms with van der Waals surface area (Å²) in [7, 11) is 0. The molecule has 11 heteroatoms. The molecule has 2 aliphatic heterocycles. The van der Waals surface area contributed by atoms with Crippen molar-refractivity contribution in [3.05, 3.63) is 0 Å². The molecule has 2 saturated heterocycles. The highest BCUT2D eigenvalue weighted by Crippen LogP contribution is 2.15. The highest BCUT2D eigenvalue weighted by molar-refractivity contribution is 5.93. The van der Waals surface area contributed by atoms with Crippen LogP contribution in [0.15, 0.2) is 0 Å². The van der Waals surface area contributed by atoms with Gasteiger partial charge in [-0.3, -0.25) is 28.9 Å². The normalized spacial score (nSPS) is 21.5. The smallest absolute Gasteiger partial charge is 0.308 e. The zero-order valence-corrected chi connectivity index (χ0v) is 18.9. The van der Waals surface area contributed by atoms with E-state index in [1.807, 2.05) is 13.8 Å². The molecule has 32 heavy (non-hydrogen) atoms. The van der Waals surface area contributed by atoms with E-state index in [0.29, 0.717) is 26.1 Å². The quantitative estimate of drug-likeness (QED) is 0.306. The van der Waals surface area contributed by atoms with E-state index in [9.17, 15) is 24.0 Å². The van der Waals surface area contributed by atoms with Crippen molar-refractivity contribution in [2.24, 2.45) is 0 Å². The predicted molar refractivity (Wildman–Crippen MR) is 113 cm³/mol. The van der Waals surface area contributed by atoms with Gasteiger partial charge in [0.05, 0.1) is 32.6 Å². The Balaban J connectivity index is 2.02. The second-order valence-electron chi connectivity index (χ2n) is 7.87. The molecule has 0 saturated carbocycles. The number of nitrogens with zero attached hydrogens (tertiary/aromatic N) is 2. The van der Waals surface area contributed by atoms with Crippen molar-refractivity contribution < 1.29 is 33.4 Å². The summed E-state index contributed by atoms with van der Waals surface area (Å²) in [4.78, 5) is 65.0. The van der Waals surface area contributed by atoms with E-state index in [2.05, 4.69) is 10.6 Å². The number of hydrogen-bond acceptors (Lipinski definition) is 8. The Morgan fingerprint density at radius 2 is 1.47 bits per heavy atom. The minimum atomic E-state index is -0.961. The molecule has 2 rings (SSSR count). The first-order chi connectivity index (χ1) is 15.4. The van der Waals surface area contributed by atoms with Gasteiger partial charge in [-0.15, -0.1) is 0 Å². The molecular formula is C21H34N4O7. The molecule has 180 valence electrons. The summed E-state index contributed by atoms with van der Waals surface area (Å²) in [6.07, 6.45) is 1.89. The lowest BCUT2D eigenvalue weighted by molar-refractivity contribution is -0.154. The second-order valence-corrected chi connectivity index (χ2v) is 7.87. The third kappa shape index (κ3) is 7.47. The predicted octanol–water partition coefficient (Wildman–Crippen LogP) is -0.809. The van der Waals surface area contributed by atoms with Crippen LogP contribution >= 0.6 is 0 Å². The molecule has 2 N–H and O–H groups in total. The van der Waals surface area contributed by atoms with E-state index in [1.54, 1.807) is 4.90 Å². The van der Waals surface area contributed by atoms with Crippen molar-refractivity contribution >= 4 is 29.7 Å². The average Bonchev–Trinajstić information content (AvgIpc) is 2.76. The Kier molecular flexibility index (Phi) is 10.4. The monoisotopic (exact) mass is 454 g/mol. The van der Waals surface area contributed by atoms with Crippen molar-refractivity contribution in [2.45, 2.75) is 58.0 Å². The fourth-order valence-electron chi connectivity index (χ4n) is 3.63. The zero-order valence-electron chi connectivity index (χ0n) is 18.9. The Morgan fingerprint density at radius 1 is 0.875 bits per heavy atom. The molecule has 0 aromatic heterocycles. The van der Waals surface area contributed by atoms with Gasteiger partial charge in [0, 0.05) is 26.2 Å². The third-order valence-electron chi connectivity index (χ3n) is 5.38. The average molecular weight is 455 g/mol. The maximum absolute atomic E-state index is 13.1. The number of carbonyl (C=O) groups is 5. The number of ether oxygens (including phenoxy) is 2. The van der Waals surface area contributed by atoms with Gasteiger partial charge in [-0.2, -0.15) is 0 Å². The van der Waals surface area contributed by atoms with E-state index < -0.39 is 29.9 Å². The second kappa shape index (κ2) is 13.0. The Hall–Kier alpha value is -2.69. The third-order valence-corrected chi connectivity index (χ3v) is 5.38. The summed E-state index contributed by atoms with van der Waals surface area (Å²) in [5, 5.41) is 5.38. The summed E-state index contributed by atoms with van der Waals surface area (Å²) in [6.45, 7) is 5.50. The lowest BCUT2D eigenvalue weighted by Crippen LogP contribution is -2.62. The van der Waals surface area contributed by atoms with E-state index in [1.165, 1.54) is 4.90 Å². The van der Waals surface area contributed by atoms with Crippen molar-refractivity contribution in [3.8, 4) is 0 Å². The SMILES string of the molecule is CCCCOC(=O)CC1C(=O)NCCN1CC(=O)N1CCNC(=O)C1CC(=O)OCCC. The van der Waals surface area contributed by atoms with Crippen molar-refractivity contribution in [3.63, 3.8) is 0 Å². The van der Waals surface area contributed by atoms with Crippen LogP contribution in [0.25, 0.3) is 0 Å². The van der Waals surface area contributed by atoms with E-state index >= 15 is 0 Å². The van der Waals surface area contributed by atoms with Gasteiger partial charge in [0.1, 0.15) is 12.1 Å². The summed E-state index contributed by atoms with van der Waals surface area (Å²) >= 11 is 0. The summed E-state index contributed by atoms with van der Waals surface area (Å²) in [6, 6.07) is -1.79. The molecule has 0 spiro atoms. The van der Waals surface area contributed by atoms with Crippen molar-refractivity contribution in [2.75, 3.05) is 45.9 Å². The number of unbranched alkanes of at least 4 members (excludes halogenated alkanes) is 1. The standard InChI is InChI=1S/C21H34N4O7/c1-3-5-11-32-18(27)12-15-20(29)22-6-8-24(15)14-17(26)25-9-7-23-21(30)16(25)13-19(28)31-10-4-2/h15-16H,3-14H2,1-2H3,(H,22,29)(H,23,30). The van der Waals surface area contributed by atoms with Crippen LogP contribution in [0.3, 0.4) is 0 Å². The number of esters is 2. The van der Waals surface area contributed by atoms with Gasteiger partial charge in [0.15, 0.2) is 0 Å². The van der Waals surface area contributed by atoms with Crippen molar-refractivity contribution in [1.29, 1.82) is 0 Å². The zero-order chi connectivity index (χ0) is 23.5. The van der Waals surface area contributed by atoms with Crippen LogP contribution in [-0.4, -0.2) is 97.5 Å². The Bertz CT molecular complexity index is 700. The lowest BCUT2D eigenvalue weighted by Gasteiger charge is -2.38. The highest BCUT2D eigenvalue weighted by atomic mass is 16.5. The molecule has 11 nitrogen and oxygen atoms in total. The minimum Gasteiger partial charge on any atom is -0.466 e. The molecule has 0 radical (unpaired) electrons. The molecule has 2 fully saturated rings. The topological polar surface area (TPSA) is 134 Å². The van der Waals surface area contributed by atoms with E-state index in [-0.39, 0.29) is 50.9 Å². The van der Waals surface area contributed by atoms with E-state index in [4.69, 9.17) is 9.47 Å². The van der Waals surface area contributed by atoms with Gasteiger partial charge in [0.25, 0.3) is 0 Å². The first-order valence-corrected chi connectivity index (χ1v) is 11.3. The Labute approximate surface area is 188 Å². The number of piperazine rings is 2. The molecule has 0 aromatic rings. The maximum atomic E-state index is 13.1. The van der Waals surface area contributed by atoms with Crippen LogP contribution in [0, 0.1) is 0 Å². The number of nitrogens with one attached hydrogen (secondary N) is 2. The molecule has 2 unspecified atom stereocenters. The molecule has 0 bridgehead atoms. The highest BCUT2D eigenvalue weighted by Gasteiger charge is 2.38. The van der Waals surface area contributed by atoms with Gasteiger partial charge >= 0.3 is 11.9 Å².